The molecule has 7 heteroatoms. The zero-order chi connectivity index (χ0) is 20.1. The molecule has 0 fully saturated rings. The van der Waals surface area contributed by atoms with Gasteiger partial charge < -0.3 is 4.42 Å². The Morgan fingerprint density at radius 2 is 2.07 bits per heavy atom. The molecule has 0 aliphatic carbocycles. The molecule has 0 N–H and O–H groups in total. The number of thiazole rings is 1. The number of rotatable bonds is 3. The molecule has 2 aromatic heterocycles. The summed E-state index contributed by atoms with van der Waals surface area (Å²) in [6, 6.07) is 10.5. The SMILES string of the molecule is CCc1ccc2oc3c(c(=O)c2c1)C(c1cccc(F)c1)N(c1nccs1)C3=O. The fraction of sp³-hybridized carbons (Fsp3) is 0.136. The molecule has 5 rings (SSSR count). The lowest BCUT2D eigenvalue weighted by molar-refractivity contribution is 0.0971. The minimum Gasteiger partial charge on any atom is -0.450 e. The van der Waals surface area contributed by atoms with Crippen LogP contribution in [0.3, 0.4) is 0 Å². The van der Waals surface area contributed by atoms with Crippen LogP contribution in [0, 0.1) is 5.82 Å². The molecule has 3 heterocycles. The number of amides is 1. The number of benzene rings is 2. The number of carbonyl (C=O) groups is 1. The monoisotopic (exact) mass is 406 g/mol. The van der Waals surface area contributed by atoms with Crippen LogP contribution < -0.4 is 10.3 Å². The van der Waals surface area contributed by atoms with Gasteiger partial charge in [-0.25, -0.2) is 9.37 Å². The first-order valence-electron chi connectivity index (χ1n) is 9.16. The van der Waals surface area contributed by atoms with Gasteiger partial charge in [-0.05, 0) is 41.8 Å². The van der Waals surface area contributed by atoms with E-state index in [1.807, 2.05) is 13.0 Å². The maximum Gasteiger partial charge on any atom is 0.297 e. The van der Waals surface area contributed by atoms with Crippen molar-refractivity contribution < 1.29 is 13.6 Å². The van der Waals surface area contributed by atoms with Crippen LogP contribution in [0.2, 0.25) is 0 Å². The Balaban J connectivity index is 1.83. The first-order valence-corrected chi connectivity index (χ1v) is 10.0. The highest BCUT2D eigenvalue weighted by atomic mass is 32.1. The minimum absolute atomic E-state index is 0.0174. The van der Waals surface area contributed by atoms with E-state index in [-0.39, 0.29) is 16.8 Å². The van der Waals surface area contributed by atoms with Crippen molar-refractivity contribution in [1.29, 1.82) is 0 Å². The molecule has 1 unspecified atom stereocenters. The van der Waals surface area contributed by atoms with Gasteiger partial charge in [-0.1, -0.05) is 25.1 Å². The average molecular weight is 406 g/mol. The van der Waals surface area contributed by atoms with Gasteiger partial charge in [0.1, 0.15) is 11.4 Å². The fourth-order valence-electron chi connectivity index (χ4n) is 3.76. The van der Waals surface area contributed by atoms with Gasteiger partial charge in [0.15, 0.2) is 10.6 Å². The highest BCUT2D eigenvalue weighted by molar-refractivity contribution is 7.13. The zero-order valence-electron chi connectivity index (χ0n) is 15.4. The van der Waals surface area contributed by atoms with Crippen LogP contribution in [0.4, 0.5) is 9.52 Å². The molecule has 1 atom stereocenters. The summed E-state index contributed by atoms with van der Waals surface area (Å²) in [5.74, 6) is -0.917. The number of fused-ring (bicyclic) bond motifs is 2. The molecule has 4 aromatic rings. The maximum absolute atomic E-state index is 14.0. The lowest BCUT2D eigenvalue weighted by atomic mass is 9.98. The first kappa shape index (κ1) is 17.8. The number of anilines is 1. The van der Waals surface area contributed by atoms with Crippen LogP contribution in [-0.4, -0.2) is 10.9 Å². The number of hydrogen-bond donors (Lipinski definition) is 0. The fourth-order valence-corrected chi connectivity index (χ4v) is 4.43. The second kappa shape index (κ2) is 6.63. The number of hydrogen-bond acceptors (Lipinski definition) is 5. The summed E-state index contributed by atoms with van der Waals surface area (Å²) in [5.41, 5.74) is 1.78. The van der Waals surface area contributed by atoms with Crippen molar-refractivity contribution in [2.45, 2.75) is 19.4 Å². The van der Waals surface area contributed by atoms with E-state index in [0.717, 1.165) is 12.0 Å². The molecule has 29 heavy (non-hydrogen) atoms. The third-order valence-electron chi connectivity index (χ3n) is 5.13. The van der Waals surface area contributed by atoms with Crippen LogP contribution in [0.15, 0.2) is 63.3 Å². The molecule has 2 aromatic carbocycles. The highest BCUT2D eigenvalue weighted by Gasteiger charge is 2.44. The molecule has 0 radical (unpaired) electrons. The molecule has 1 aliphatic rings. The zero-order valence-corrected chi connectivity index (χ0v) is 16.2. The van der Waals surface area contributed by atoms with Gasteiger partial charge in [0, 0.05) is 11.6 Å². The van der Waals surface area contributed by atoms with Crippen molar-refractivity contribution in [3.8, 4) is 0 Å². The molecule has 1 amide bonds. The maximum atomic E-state index is 14.0. The Kier molecular flexibility index (Phi) is 4.06. The van der Waals surface area contributed by atoms with Crippen molar-refractivity contribution in [3.63, 3.8) is 0 Å². The summed E-state index contributed by atoms with van der Waals surface area (Å²) < 4.78 is 19.9. The third-order valence-corrected chi connectivity index (χ3v) is 5.90. The number of aryl methyl sites for hydroxylation is 1. The van der Waals surface area contributed by atoms with Crippen LogP contribution >= 0.6 is 11.3 Å². The van der Waals surface area contributed by atoms with E-state index in [4.69, 9.17) is 4.42 Å². The molecule has 5 nitrogen and oxygen atoms in total. The van der Waals surface area contributed by atoms with Crippen LogP contribution in [-0.2, 0) is 6.42 Å². The second-order valence-electron chi connectivity index (χ2n) is 6.81. The summed E-state index contributed by atoms with van der Waals surface area (Å²) in [7, 11) is 0. The lowest BCUT2D eigenvalue weighted by Gasteiger charge is -2.22. The van der Waals surface area contributed by atoms with Crippen LogP contribution in [0.1, 0.15) is 40.2 Å². The van der Waals surface area contributed by atoms with Gasteiger partial charge in [-0.2, -0.15) is 0 Å². The quantitative estimate of drug-likeness (QED) is 0.495. The van der Waals surface area contributed by atoms with E-state index in [2.05, 4.69) is 4.98 Å². The van der Waals surface area contributed by atoms with E-state index in [9.17, 15) is 14.0 Å². The largest absolute Gasteiger partial charge is 0.450 e. The first-order chi connectivity index (χ1) is 14.1. The Morgan fingerprint density at radius 3 is 2.79 bits per heavy atom. The number of aromatic nitrogens is 1. The van der Waals surface area contributed by atoms with E-state index < -0.39 is 17.8 Å². The summed E-state index contributed by atoms with van der Waals surface area (Å²) in [6.07, 6.45) is 2.35. The molecule has 0 saturated carbocycles. The molecule has 0 spiro atoms. The Bertz CT molecular complexity index is 1310. The van der Waals surface area contributed by atoms with Crippen molar-refractivity contribution in [3.05, 3.63) is 92.5 Å². The number of carbonyl (C=O) groups excluding carboxylic acids is 1. The summed E-state index contributed by atoms with van der Waals surface area (Å²) >= 11 is 1.27. The molecule has 0 saturated heterocycles. The van der Waals surface area contributed by atoms with E-state index in [0.29, 0.717) is 21.7 Å². The van der Waals surface area contributed by atoms with Gasteiger partial charge >= 0.3 is 0 Å². The Labute approximate surface area is 169 Å². The predicted octanol–water partition coefficient (Wildman–Crippen LogP) is 4.70. The van der Waals surface area contributed by atoms with Gasteiger partial charge in [-0.15, -0.1) is 11.3 Å². The van der Waals surface area contributed by atoms with Gasteiger partial charge in [-0.3, -0.25) is 14.5 Å². The molecular weight excluding hydrogens is 391 g/mol. The normalized spacial score (nSPS) is 15.9. The molecule has 1 aliphatic heterocycles. The Hall–Kier alpha value is -3.32. The second-order valence-corrected chi connectivity index (χ2v) is 7.68. The molecular formula is C22H15FN2O3S. The summed E-state index contributed by atoms with van der Waals surface area (Å²) in [6.45, 7) is 2.00. The minimum atomic E-state index is -0.801. The average Bonchev–Trinajstić information content (AvgIpc) is 3.35. The standard InChI is InChI=1S/C22H15FN2O3S/c1-2-12-6-7-16-15(10-12)19(26)17-18(13-4-3-5-14(23)11-13)25(21(27)20(17)28-16)22-24-8-9-29-22/h3-11,18H,2H2,1H3. The smallest absolute Gasteiger partial charge is 0.297 e. The van der Waals surface area contributed by atoms with E-state index in [1.54, 1.807) is 35.8 Å². The predicted molar refractivity (Wildman–Crippen MR) is 109 cm³/mol. The van der Waals surface area contributed by atoms with E-state index >= 15 is 0 Å². The number of halogens is 1. The topological polar surface area (TPSA) is 63.4 Å². The van der Waals surface area contributed by atoms with Crippen molar-refractivity contribution >= 4 is 33.3 Å². The van der Waals surface area contributed by atoms with Crippen LogP contribution in [0.5, 0.6) is 0 Å². The van der Waals surface area contributed by atoms with Gasteiger partial charge in [0.2, 0.25) is 5.76 Å². The number of nitrogens with zero attached hydrogens (tertiary/aromatic N) is 2. The lowest BCUT2D eigenvalue weighted by Crippen LogP contribution is -2.29. The van der Waals surface area contributed by atoms with Gasteiger partial charge in [0.05, 0.1) is 17.0 Å². The Morgan fingerprint density at radius 1 is 1.21 bits per heavy atom. The third kappa shape index (κ3) is 2.69. The van der Waals surface area contributed by atoms with E-state index in [1.165, 1.54) is 28.4 Å². The van der Waals surface area contributed by atoms with Crippen molar-refractivity contribution in [1.82, 2.24) is 4.98 Å². The molecule has 144 valence electrons. The van der Waals surface area contributed by atoms with Crippen LogP contribution in [0.25, 0.3) is 11.0 Å². The highest BCUT2D eigenvalue weighted by Crippen LogP contribution is 2.41. The summed E-state index contributed by atoms with van der Waals surface area (Å²) in [5, 5.41) is 2.58. The molecule has 0 bridgehead atoms. The summed E-state index contributed by atoms with van der Waals surface area (Å²) in [4.78, 5) is 32.4. The van der Waals surface area contributed by atoms with Crippen molar-refractivity contribution in [2.75, 3.05) is 4.90 Å². The van der Waals surface area contributed by atoms with Gasteiger partial charge in [0.25, 0.3) is 5.91 Å². The van der Waals surface area contributed by atoms with Crippen molar-refractivity contribution in [2.24, 2.45) is 0 Å².